The fraction of sp³-hybridized carbons (Fsp3) is 0.818. The molecule has 0 radical (unpaired) electrons. The highest BCUT2D eigenvalue weighted by atomic mass is 15.0. The van der Waals surface area contributed by atoms with Crippen molar-refractivity contribution in [3.8, 4) is 11.8 Å². The van der Waals surface area contributed by atoms with E-state index in [-0.39, 0.29) is 0 Å². The van der Waals surface area contributed by atoms with E-state index in [1.807, 2.05) is 6.92 Å². The first-order valence-electron chi connectivity index (χ1n) is 4.71. The van der Waals surface area contributed by atoms with Gasteiger partial charge in [-0.3, -0.25) is 0 Å². The average molecular weight is 167 g/mol. The van der Waals surface area contributed by atoms with Crippen molar-refractivity contribution in [3.63, 3.8) is 0 Å². The minimum Gasteiger partial charge on any atom is -0.309 e. The normalized spacial score (nSPS) is 12.4. The van der Waals surface area contributed by atoms with E-state index < -0.39 is 0 Å². The highest BCUT2D eigenvalue weighted by molar-refractivity contribution is 4.94. The van der Waals surface area contributed by atoms with Crippen LogP contribution in [0.3, 0.4) is 0 Å². The number of hydrogen-bond acceptors (Lipinski definition) is 1. The summed E-state index contributed by atoms with van der Waals surface area (Å²) in [6.07, 6.45) is 3.60. The van der Waals surface area contributed by atoms with Crippen LogP contribution in [0.15, 0.2) is 0 Å². The topological polar surface area (TPSA) is 3.24 Å². The minimum absolute atomic E-state index is 0.813. The first-order valence-corrected chi connectivity index (χ1v) is 4.71. The lowest BCUT2D eigenvalue weighted by Gasteiger charge is -2.13. The maximum Gasteiger partial charge on any atom is 0.00911 e. The molecule has 0 aromatic carbocycles. The van der Waals surface area contributed by atoms with Gasteiger partial charge in [0.2, 0.25) is 0 Å². The Balaban J connectivity index is 3.31. The Bertz CT molecular complexity index is 150. The number of rotatable bonds is 5. The maximum atomic E-state index is 3.10. The molecule has 70 valence electrons. The van der Waals surface area contributed by atoms with E-state index in [9.17, 15) is 0 Å². The molecule has 0 saturated heterocycles. The Hall–Kier alpha value is -0.480. The Morgan fingerprint density at radius 3 is 2.42 bits per heavy atom. The largest absolute Gasteiger partial charge is 0.309 e. The van der Waals surface area contributed by atoms with Gasteiger partial charge < -0.3 is 4.90 Å². The molecule has 0 aliphatic rings. The molecule has 0 spiro atoms. The fourth-order valence-corrected chi connectivity index (χ4v) is 1.07. The van der Waals surface area contributed by atoms with Gasteiger partial charge in [-0.2, -0.15) is 0 Å². The Kier molecular flexibility index (Phi) is 6.90. The third kappa shape index (κ3) is 7.63. The molecule has 12 heavy (non-hydrogen) atoms. The molecule has 1 nitrogen and oxygen atoms in total. The van der Waals surface area contributed by atoms with Gasteiger partial charge in [0.25, 0.3) is 0 Å². The van der Waals surface area contributed by atoms with Crippen molar-refractivity contribution in [1.29, 1.82) is 0 Å². The van der Waals surface area contributed by atoms with Crippen LogP contribution in [0.1, 0.15) is 33.1 Å². The van der Waals surface area contributed by atoms with Crippen LogP contribution in [0.25, 0.3) is 0 Å². The van der Waals surface area contributed by atoms with E-state index in [1.165, 1.54) is 19.4 Å². The summed E-state index contributed by atoms with van der Waals surface area (Å²) < 4.78 is 0. The van der Waals surface area contributed by atoms with Crippen LogP contribution in [-0.4, -0.2) is 25.5 Å². The molecule has 0 bridgehead atoms. The molecular formula is C11H21N. The summed E-state index contributed by atoms with van der Waals surface area (Å²) in [7, 11) is 4.25. The SMILES string of the molecule is CC#CCCC(C)CCN(C)C. The highest BCUT2D eigenvalue weighted by Crippen LogP contribution is 2.09. The second-order valence-corrected chi connectivity index (χ2v) is 3.66. The number of nitrogens with zero attached hydrogens (tertiary/aromatic N) is 1. The molecule has 1 atom stereocenters. The van der Waals surface area contributed by atoms with E-state index in [2.05, 4.69) is 37.8 Å². The molecule has 0 saturated carbocycles. The maximum absolute atomic E-state index is 3.10. The monoisotopic (exact) mass is 167 g/mol. The Labute approximate surface area is 77.1 Å². The summed E-state index contributed by atoms with van der Waals surface area (Å²) in [5, 5.41) is 0. The van der Waals surface area contributed by atoms with Gasteiger partial charge in [0.05, 0.1) is 0 Å². The van der Waals surface area contributed by atoms with E-state index >= 15 is 0 Å². The lowest BCUT2D eigenvalue weighted by atomic mass is 10.0. The molecule has 0 aliphatic heterocycles. The van der Waals surface area contributed by atoms with Crippen molar-refractivity contribution in [2.24, 2.45) is 5.92 Å². The standard InChI is InChI=1S/C11H21N/c1-5-6-7-8-11(2)9-10-12(3)4/h11H,7-10H2,1-4H3. The van der Waals surface area contributed by atoms with Gasteiger partial charge in [0.1, 0.15) is 0 Å². The smallest absolute Gasteiger partial charge is 0.00911 e. The van der Waals surface area contributed by atoms with Crippen LogP contribution in [0.2, 0.25) is 0 Å². The lowest BCUT2D eigenvalue weighted by molar-refractivity contribution is 0.353. The first kappa shape index (κ1) is 11.5. The summed E-state index contributed by atoms with van der Waals surface area (Å²) in [6.45, 7) is 5.41. The second kappa shape index (κ2) is 7.18. The van der Waals surface area contributed by atoms with Crippen LogP contribution in [0.4, 0.5) is 0 Å². The molecule has 0 aromatic heterocycles. The van der Waals surface area contributed by atoms with Crippen LogP contribution in [0, 0.1) is 17.8 Å². The van der Waals surface area contributed by atoms with Gasteiger partial charge >= 0.3 is 0 Å². The van der Waals surface area contributed by atoms with E-state index in [4.69, 9.17) is 0 Å². The minimum atomic E-state index is 0.813. The summed E-state index contributed by atoms with van der Waals surface area (Å²) in [4.78, 5) is 2.24. The Morgan fingerprint density at radius 1 is 1.25 bits per heavy atom. The number of hydrogen-bond donors (Lipinski definition) is 0. The van der Waals surface area contributed by atoms with Gasteiger partial charge in [-0.1, -0.05) is 6.92 Å². The van der Waals surface area contributed by atoms with Crippen LogP contribution in [-0.2, 0) is 0 Å². The van der Waals surface area contributed by atoms with Crippen molar-refractivity contribution in [1.82, 2.24) is 4.90 Å². The summed E-state index contributed by atoms with van der Waals surface area (Å²) in [5.74, 6) is 6.84. The predicted octanol–water partition coefficient (Wildman–Crippen LogP) is 2.38. The molecule has 0 fully saturated rings. The van der Waals surface area contributed by atoms with Crippen molar-refractivity contribution < 1.29 is 0 Å². The fourth-order valence-electron chi connectivity index (χ4n) is 1.07. The van der Waals surface area contributed by atoms with Crippen molar-refractivity contribution in [2.75, 3.05) is 20.6 Å². The van der Waals surface area contributed by atoms with Crippen molar-refractivity contribution in [2.45, 2.75) is 33.1 Å². The second-order valence-electron chi connectivity index (χ2n) is 3.66. The molecule has 0 aliphatic carbocycles. The molecular weight excluding hydrogens is 146 g/mol. The zero-order valence-corrected chi connectivity index (χ0v) is 8.85. The molecule has 0 heterocycles. The summed E-state index contributed by atoms with van der Waals surface area (Å²) in [6, 6.07) is 0. The van der Waals surface area contributed by atoms with Gasteiger partial charge in [-0.15, -0.1) is 11.8 Å². The summed E-state index contributed by atoms with van der Waals surface area (Å²) >= 11 is 0. The van der Waals surface area contributed by atoms with Crippen molar-refractivity contribution in [3.05, 3.63) is 0 Å². The molecule has 1 heteroatoms. The zero-order valence-electron chi connectivity index (χ0n) is 8.85. The van der Waals surface area contributed by atoms with Crippen LogP contribution < -0.4 is 0 Å². The van der Waals surface area contributed by atoms with Gasteiger partial charge in [-0.25, -0.2) is 0 Å². The van der Waals surface area contributed by atoms with Crippen LogP contribution in [0.5, 0.6) is 0 Å². The first-order chi connectivity index (χ1) is 5.66. The molecule has 1 unspecified atom stereocenters. The van der Waals surface area contributed by atoms with Gasteiger partial charge in [0.15, 0.2) is 0 Å². The quantitative estimate of drug-likeness (QED) is 0.568. The van der Waals surface area contributed by atoms with E-state index in [0.29, 0.717) is 0 Å². The third-order valence-corrected chi connectivity index (χ3v) is 2.01. The lowest BCUT2D eigenvalue weighted by Crippen LogP contribution is -2.15. The summed E-state index contributed by atoms with van der Waals surface area (Å²) in [5.41, 5.74) is 0. The van der Waals surface area contributed by atoms with E-state index in [0.717, 1.165) is 12.3 Å². The zero-order chi connectivity index (χ0) is 9.40. The highest BCUT2D eigenvalue weighted by Gasteiger charge is 2.00. The predicted molar refractivity (Wildman–Crippen MR) is 55.0 cm³/mol. The molecule has 0 aromatic rings. The molecule has 0 rings (SSSR count). The van der Waals surface area contributed by atoms with Crippen LogP contribution >= 0.6 is 0 Å². The van der Waals surface area contributed by atoms with Crippen molar-refractivity contribution >= 4 is 0 Å². The molecule has 0 N–H and O–H groups in total. The average Bonchev–Trinajstić information content (AvgIpc) is 2.01. The molecule has 0 amide bonds. The third-order valence-electron chi connectivity index (χ3n) is 2.01. The van der Waals surface area contributed by atoms with Gasteiger partial charge in [0, 0.05) is 6.42 Å². The van der Waals surface area contributed by atoms with E-state index in [1.54, 1.807) is 0 Å². The van der Waals surface area contributed by atoms with Gasteiger partial charge in [-0.05, 0) is 46.3 Å². The Morgan fingerprint density at radius 2 is 1.92 bits per heavy atom.